The molecule has 0 N–H and O–H groups in total. The van der Waals surface area contributed by atoms with Crippen LogP contribution in [0.1, 0.15) is 62.3 Å². The molecular weight excluding hydrogens is 545 g/mol. The van der Waals surface area contributed by atoms with Gasteiger partial charge in [-0.05, 0) is 87.5 Å². The van der Waals surface area contributed by atoms with E-state index in [1.54, 1.807) is 0 Å². The van der Waals surface area contributed by atoms with E-state index >= 15 is 0 Å². The molecule has 1 amide bonds. The second-order valence-corrected chi connectivity index (χ2v) is 12.5. The van der Waals surface area contributed by atoms with Crippen molar-refractivity contribution in [3.8, 4) is 23.3 Å². The molecule has 0 radical (unpaired) electrons. The number of benzene rings is 2. The van der Waals surface area contributed by atoms with Gasteiger partial charge in [-0.3, -0.25) is 9.59 Å². The minimum absolute atomic E-state index is 0.170. The molecule has 9 heteroatoms. The molecule has 5 atom stereocenters. The zero-order valence-electron chi connectivity index (χ0n) is 24.3. The number of esters is 1. The number of halogens is 3. The highest BCUT2D eigenvalue weighted by Crippen LogP contribution is 2.63. The Morgan fingerprint density at radius 2 is 1.90 bits per heavy atom. The highest BCUT2D eigenvalue weighted by Gasteiger charge is 2.66. The summed E-state index contributed by atoms with van der Waals surface area (Å²) >= 11 is 0. The van der Waals surface area contributed by atoms with Crippen LogP contribution in [0.25, 0.3) is 0 Å². The molecule has 2 aromatic carbocycles. The third-order valence-electron chi connectivity index (χ3n) is 9.57. The Hall–Kier alpha value is -3.51. The Labute approximate surface area is 244 Å². The van der Waals surface area contributed by atoms with E-state index in [1.165, 1.54) is 19.1 Å². The minimum Gasteiger partial charge on any atom is -0.487 e. The molecule has 1 spiro atoms. The molecule has 222 valence electrons. The molecule has 2 aliphatic carbocycles. The topological polar surface area (TPSA) is 59.1 Å². The number of rotatable bonds is 4. The summed E-state index contributed by atoms with van der Waals surface area (Å²) in [6.07, 6.45) is -1.37. The molecule has 6 rings (SSSR count). The van der Waals surface area contributed by atoms with E-state index < -0.39 is 11.7 Å². The Morgan fingerprint density at radius 1 is 1.17 bits per heavy atom. The Bertz CT molecular complexity index is 1480. The number of carbonyl (C=O) groups excluding carboxylic acids is 2. The number of alkyl halides is 3. The fourth-order valence-corrected chi connectivity index (χ4v) is 7.98. The molecule has 2 heterocycles. The molecule has 1 saturated carbocycles. The number of nitrogens with zero attached hydrogens (tertiary/aromatic N) is 2. The van der Waals surface area contributed by atoms with Gasteiger partial charge in [-0.25, -0.2) is 0 Å². The molecular formula is C33H35F3N2O4. The highest BCUT2D eigenvalue weighted by atomic mass is 19.4. The van der Waals surface area contributed by atoms with Crippen LogP contribution in [0, 0.1) is 23.7 Å². The van der Waals surface area contributed by atoms with Crippen LogP contribution in [0.5, 0.6) is 11.5 Å². The molecule has 0 aromatic heterocycles. The lowest BCUT2D eigenvalue weighted by Gasteiger charge is -2.60. The van der Waals surface area contributed by atoms with Crippen molar-refractivity contribution in [3.63, 3.8) is 0 Å². The van der Waals surface area contributed by atoms with Gasteiger partial charge in [0.2, 0.25) is 0 Å². The first-order valence-electron chi connectivity index (χ1n) is 14.6. The third kappa shape index (κ3) is 4.64. The highest BCUT2D eigenvalue weighted by molar-refractivity contribution is 5.94. The maximum Gasteiger partial charge on any atom is 0.416 e. The van der Waals surface area contributed by atoms with Gasteiger partial charge in [-0.2, -0.15) is 13.2 Å². The second kappa shape index (κ2) is 10.3. The van der Waals surface area contributed by atoms with Crippen LogP contribution in [0.3, 0.4) is 0 Å². The van der Waals surface area contributed by atoms with E-state index in [2.05, 4.69) is 23.8 Å². The number of piperidine rings is 1. The van der Waals surface area contributed by atoms with Crippen LogP contribution >= 0.6 is 0 Å². The van der Waals surface area contributed by atoms with Crippen molar-refractivity contribution < 1.29 is 32.2 Å². The standard InChI is InChI=1S/C33H35F3N2O4/c1-19(2)18-38(29(40)14-7-21-5-8-22(9-6-21)33(34,35)36)25-11-10-24-26-17-23-27(41-20(3)39)12-13-28-30(23)32(24,31(25)42-28)15-16-37(26)4/h5-6,8-9,12-13,19,24-26,31H,10-11,15-18H2,1-4H3/t24-,25+,26+,31-,32-/m0/s1. The number of carbonyl (C=O) groups is 2. The second-order valence-electron chi connectivity index (χ2n) is 12.5. The molecule has 42 heavy (non-hydrogen) atoms. The fraction of sp³-hybridized carbons (Fsp3) is 0.515. The Kier molecular flexibility index (Phi) is 7.04. The average Bonchev–Trinajstić information content (AvgIpc) is 3.26. The fourth-order valence-electron chi connectivity index (χ4n) is 7.98. The number of amides is 1. The predicted molar refractivity (Wildman–Crippen MR) is 150 cm³/mol. The lowest BCUT2D eigenvalue weighted by Crippen LogP contribution is -2.68. The lowest BCUT2D eigenvalue weighted by atomic mass is 9.51. The van der Waals surface area contributed by atoms with Gasteiger partial charge in [-0.15, -0.1) is 0 Å². The number of likely N-dealkylation sites (tertiary alicyclic amines) is 1. The zero-order valence-corrected chi connectivity index (χ0v) is 24.3. The van der Waals surface area contributed by atoms with Crippen molar-refractivity contribution in [1.82, 2.24) is 9.80 Å². The molecule has 1 saturated heterocycles. The third-order valence-corrected chi connectivity index (χ3v) is 9.57. The molecule has 6 nitrogen and oxygen atoms in total. The molecule has 2 fully saturated rings. The number of ether oxygens (including phenoxy) is 2. The SMILES string of the molecule is CC(=O)Oc1ccc2c3c1C[C@@H]1[C@@H]4CC[C@@H](N(CC(C)C)C(=O)C#Cc5ccc(C(F)(F)F)cc5)[C@H](O2)[C@]34CCN1C. The van der Waals surface area contributed by atoms with E-state index in [4.69, 9.17) is 9.47 Å². The van der Waals surface area contributed by atoms with Crippen molar-refractivity contribution in [1.29, 1.82) is 0 Å². The summed E-state index contributed by atoms with van der Waals surface area (Å²) in [4.78, 5) is 29.9. The number of likely N-dealkylation sites (N-methyl/N-ethyl adjacent to an activating group) is 1. The van der Waals surface area contributed by atoms with Crippen LogP contribution < -0.4 is 9.47 Å². The van der Waals surface area contributed by atoms with Gasteiger partial charge < -0.3 is 19.3 Å². The Morgan fingerprint density at radius 3 is 2.57 bits per heavy atom. The van der Waals surface area contributed by atoms with Gasteiger partial charge in [0.15, 0.2) is 0 Å². The monoisotopic (exact) mass is 580 g/mol. The molecule has 0 unspecified atom stereocenters. The molecule has 2 bridgehead atoms. The summed E-state index contributed by atoms with van der Waals surface area (Å²) in [6.45, 7) is 6.89. The van der Waals surface area contributed by atoms with Gasteiger partial charge in [0.1, 0.15) is 17.6 Å². The lowest BCUT2D eigenvalue weighted by molar-refractivity contribution is -0.138. The predicted octanol–water partition coefficient (Wildman–Crippen LogP) is 5.20. The van der Waals surface area contributed by atoms with Crippen LogP contribution in [0.2, 0.25) is 0 Å². The van der Waals surface area contributed by atoms with E-state index in [9.17, 15) is 22.8 Å². The summed E-state index contributed by atoms with van der Waals surface area (Å²) in [6, 6.07) is 8.31. The minimum atomic E-state index is -4.43. The van der Waals surface area contributed by atoms with E-state index in [0.717, 1.165) is 61.2 Å². The normalized spacial score (nSPS) is 27.4. The molecule has 4 aliphatic rings. The number of hydrogen-bond acceptors (Lipinski definition) is 5. The van der Waals surface area contributed by atoms with E-state index in [-0.39, 0.29) is 41.4 Å². The van der Waals surface area contributed by atoms with Crippen LogP contribution in [0.4, 0.5) is 13.2 Å². The van der Waals surface area contributed by atoms with E-state index in [1.807, 2.05) is 30.9 Å². The van der Waals surface area contributed by atoms with Crippen molar-refractivity contribution in [2.24, 2.45) is 11.8 Å². The zero-order chi connectivity index (χ0) is 30.0. The first-order valence-corrected chi connectivity index (χ1v) is 14.6. The maximum absolute atomic E-state index is 13.8. The first-order chi connectivity index (χ1) is 19.9. The van der Waals surface area contributed by atoms with Crippen molar-refractivity contribution in [2.45, 2.75) is 76.2 Å². The van der Waals surface area contributed by atoms with Crippen molar-refractivity contribution in [3.05, 3.63) is 58.7 Å². The molecule has 2 aliphatic heterocycles. The summed E-state index contributed by atoms with van der Waals surface area (Å²) in [5.74, 6) is 6.70. The summed E-state index contributed by atoms with van der Waals surface area (Å²) < 4.78 is 51.4. The van der Waals surface area contributed by atoms with Crippen molar-refractivity contribution in [2.75, 3.05) is 20.1 Å². The number of hydrogen-bond donors (Lipinski definition) is 0. The maximum atomic E-state index is 13.8. The smallest absolute Gasteiger partial charge is 0.416 e. The summed E-state index contributed by atoms with van der Waals surface area (Å²) in [5.41, 5.74) is 1.45. The quantitative estimate of drug-likeness (QED) is 0.283. The largest absolute Gasteiger partial charge is 0.487 e. The first kappa shape index (κ1) is 28.6. The van der Waals surface area contributed by atoms with Crippen LogP contribution in [0.15, 0.2) is 36.4 Å². The van der Waals surface area contributed by atoms with Gasteiger partial charge in [0, 0.05) is 47.5 Å². The molecule has 2 aromatic rings. The van der Waals surface area contributed by atoms with Crippen LogP contribution in [-0.2, 0) is 27.6 Å². The van der Waals surface area contributed by atoms with Gasteiger partial charge >= 0.3 is 12.1 Å². The average molecular weight is 581 g/mol. The summed E-state index contributed by atoms with van der Waals surface area (Å²) in [7, 11) is 2.15. The van der Waals surface area contributed by atoms with Gasteiger partial charge in [0.25, 0.3) is 5.91 Å². The van der Waals surface area contributed by atoms with Crippen LogP contribution in [-0.4, -0.2) is 60.0 Å². The van der Waals surface area contributed by atoms with E-state index in [0.29, 0.717) is 23.8 Å². The van der Waals surface area contributed by atoms with Gasteiger partial charge in [-0.1, -0.05) is 19.8 Å². The van der Waals surface area contributed by atoms with Crippen molar-refractivity contribution >= 4 is 11.9 Å². The summed E-state index contributed by atoms with van der Waals surface area (Å²) in [5, 5.41) is 0. The van der Waals surface area contributed by atoms with Gasteiger partial charge in [0.05, 0.1) is 11.6 Å². The Balaban J connectivity index is 1.36.